The molecule has 0 bridgehead atoms. The van der Waals surface area contributed by atoms with Gasteiger partial charge in [0.25, 0.3) is 0 Å². The van der Waals surface area contributed by atoms with Crippen molar-refractivity contribution >= 4 is 5.82 Å². The molecule has 2 heteroatoms. The van der Waals surface area contributed by atoms with Crippen LogP contribution in [0.3, 0.4) is 0 Å². The van der Waals surface area contributed by atoms with E-state index in [1.54, 1.807) is 0 Å². The molecule has 2 nitrogen and oxygen atoms in total. The highest BCUT2D eigenvalue weighted by molar-refractivity contribution is 5.85. The standard InChI is InChI=1S/C13H10N2/c14-13-8-11-10-6-3-5-9(10)4-1-2-7-12(11)15-13/h1-8H,(H2,14,15). The number of nitrogens with zero attached hydrogens (tertiary/aromatic N) is 1. The molecule has 0 aromatic heterocycles. The lowest BCUT2D eigenvalue weighted by Crippen LogP contribution is -1.80. The molecule has 0 atom stereocenters. The predicted molar refractivity (Wildman–Crippen MR) is 61.9 cm³/mol. The first-order chi connectivity index (χ1) is 7.34. The van der Waals surface area contributed by atoms with Gasteiger partial charge in [-0.25, -0.2) is 4.98 Å². The molecule has 0 fully saturated rings. The Balaban J connectivity index is 2.42. The molecule has 0 radical (unpaired) electrons. The second kappa shape index (κ2) is 2.95. The van der Waals surface area contributed by atoms with Gasteiger partial charge in [0.2, 0.25) is 0 Å². The quantitative estimate of drug-likeness (QED) is 0.597. The van der Waals surface area contributed by atoms with Gasteiger partial charge in [-0.15, -0.1) is 0 Å². The lowest BCUT2D eigenvalue weighted by atomic mass is 10.0. The van der Waals surface area contributed by atoms with Gasteiger partial charge < -0.3 is 5.73 Å². The van der Waals surface area contributed by atoms with Crippen LogP contribution in [0.2, 0.25) is 0 Å². The van der Waals surface area contributed by atoms with Gasteiger partial charge in [-0.2, -0.15) is 0 Å². The lowest BCUT2D eigenvalue weighted by Gasteiger charge is -2.00. The third kappa shape index (κ3) is 1.22. The van der Waals surface area contributed by atoms with Gasteiger partial charge in [0.1, 0.15) is 5.82 Å². The van der Waals surface area contributed by atoms with Gasteiger partial charge in [-0.1, -0.05) is 36.4 Å². The number of fused-ring (bicyclic) bond motifs is 3. The molecule has 0 unspecified atom stereocenters. The Morgan fingerprint density at radius 1 is 0.867 bits per heavy atom. The van der Waals surface area contributed by atoms with Crippen LogP contribution >= 0.6 is 0 Å². The number of aromatic nitrogens is 1. The summed E-state index contributed by atoms with van der Waals surface area (Å²) in [7, 11) is 0. The SMILES string of the molecule is Nc1cc2c3cccc-3ccccc-2n1. The summed E-state index contributed by atoms with van der Waals surface area (Å²) in [5.74, 6) is 0.582. The van der Waals surface area contributed by atoms with E-state index in [0.29, 0.717) is 5.82 Å². The normalized spacial score (nSPS) is 10.9. The Labute approximate surface area is 88.1 Å². The first kappa shape index (κ1) is 8.24. The van der Waals surface area contributed by atoms with Crippen molar-refractivity contribution in [3.05, 3.63) is 48.5 Å². The van der Waals surface area contributed by atoms with Crippen molar-refractivity contribution in [2.24, 2.45) is 0 Å². The van der Waals surface area contributed by atoms with Crippen LogP contribution < -0.4 is 5.73 Å². The van der Waals surface area contributed by atoms with Crippen molar-refractivity contribution in [2.45, 2.75) is 0 Å². The highest BCUT2D eigenvalue weighted by Crippen LogP contribution is 2.34. The van der Waals surface area contributed by atoms with E-state index < -0.39 is 0 Å². The summed E-state index contributed by atoms with van der Waals surface area (Å²) in [5, 5.41) is 0. The molecule has 0 saturated carbocycles. The summed E-state index contributed by atoms with van der Waals surface area (Å²) in [4.78, 5) is 4.29. The molecule has 0 saturated heterocycles. The fourth-order valence-corrected chi connectivity index (χ4v) is 1.93. The number of hydrogen-bond donors (Lipinski definition) is 1. The number of hydrogen-bond acceptors (Lipinski definition) is 2. The molecular formula is C13H10N2. The summed E-state index contributed by atoms with van der Waals surface area (Å²) in [6.45, 7) is 0. The van der Waals surface area contributed by atoms with E-state index in [1.165, 1.54) is 11.1 Å². The number of nitrogens with two attached hydrogens (primary N) is 1. The molecule has 3 aliphatic rings. The summed E-state index contributed by atoms with van der Waals surface area (Å²) >= 11 is 0. The third-order valence-electron chi connectivity index (χ3n) is 2.60. The van der Waals surface area contributed by atoms with Crippen LogP contribution in [0, 0.1) is 0 Å². The molecule has 2 N–H and O–H groups in total. The lowest BCUT2D eigenvalue weighted by molar-refractivity contribution is 1.41. The van der Waals surface area contributed by atoms with E-state index in [4.69, 9.17) is 5.73 Å². The Hall–Kier alpha value is -2.09. The zero-order valence-corrected chi connectivity index (χ0v) is 8.14. The minimum atomic E-state index is 0.582. The van der Waals surface area contributed by atoms with Gasteiger partial charge in [-0.3, -0.25) is 0 Å². The fourth-order valence-electron chi connectivity index (χ4n) is 1.93. The Morgan fingerprint density at radius 2 is 1.67 bits per heavy atom. The summed E-state index contributed by atoms with van der Waals surface area (Å²) < 4.78 is 0. The van der Waals surface area contributed by atoms with Crippen LogP contribution in [0.25, 0.3) is 22.4 Å². The Morgan fingerprint density at radius 3 is 2.60 bits per heavy atom. The molecule has 0 aromatic carbocycles. The molecule has 1 aliphatic heterocycles. The molecule has 1 heterocycles. The molecule has 3 rings (SSSR count). The first-order valence-electron chi connectivity index (χ1n) is 4.88. The Bertz CT molecular complexity index is 560. The molecule has 15 heavy (non-hydrogen) atoms. The van der Waals surface area contributed by atoms with E-state index in [1.807, 2.05) is 30.3 Å². The predicted octanol–water partition coefficient (Wildman–Crippen LogP) is 2.87. The Kier molecular flexibility index (Phi) is 1.62. The van der Waals surface area contributed by atoms with Gasteiger partial charge >= 0.3 is 0 Å². The van der Waals surface area contributed by atoms with Gasteiger partial charge in [0, 0.05) is 5.56 Å². The average Bonchev–Trinajstić information content (AvgIpc) is 2.76. The van der Waals surface area contributed by atoms with Crippen molar-refractivity contribution < 1.29 is 0 Å². The summed E-state index contributed by atoms with van der Waals surface area (Å²) in [5.41, 5.74) is 10.2. The molecule has 0 aromatic rings. The second-order valence-electron chi connectivity index (χ2n) is 3.59. The van der Waals surface area contributed by atoms with E-state index in [-0.39, 0.29) is 0 Å². The smallest absolute Gasteiger partial charge is 0.124 e. The van der Waals surface area contributed by atoms with E-state index in [0.717, 1.165) is 11.3 Å². The van der Waals surface area contributed by atoms with Gasteiger partial charge in [-0.05, 0) is 23.3 Å². The summed E-state index contributed by atoms with van der Waals surface area (Å²) in [6.07, 6.45) is 0. The number of anilines is 1. The second-order valence-corrected chi connectivity index (χ2v) is 3.59. The van der Waals surface area contributed by atoms with E-state index in [9.17, 15) is 0 Å². The van der Waals surface area contributed by atoms with Crippen molar-refractivity contribution in [3.63, 3.8) is 0 Å². The van der Waals surface area contributed by atoms with Crippen molar-refractivity contribution in [2.75, 3.05) is 5.73 Å². The minimum absolute atomic E-state index is 0.582. The zero-order valence-electron chi connectivity index (χ0n) is 8.14. The molecule has 0 amide bonds. The van der Waals surface area contributed by atoms with Crippen molar-refractivity contribution in [3.8, 4) is 22.4 Å². The van der Waals surface area contributed by atoms with Crippen LogP contribution in [-0.2, 0) is 0 Å². The van der Waals surface area contributed by atoms with Gasteiger partial charge in [0.15, 0.2) is 0 Å². The fraction of sp³-hybridized carbons (Fsp3) is 0. The molecule has 72 valence electrons. The average molecular weight is 194 g/mol. The van der Waals surface area contributed by atoms with E-state index >= 15 is 0 Å². The highest BCUT2D eigenvalue weighted by atomic mass is 14.9. The summed E-state index contributed by atoms with van der Waals surface area (Å²) in [6, 6.07) is 16.3. The monoisotopic (exact) mass is 194 g/mol. The molecule has 0 spiro atoms. The van der Waals surface area contributed by atoms with Crippen LogP contribution in [0.5, 0.6) is 0 Å². The number of nitrogen functional groups attached to an aromatic ring is 1. The molecular weight excluding hydrogens is 184 g/mol. The largest absolute Gasteiger partial charge is 0.384 e. The maximum atomic E-state index is 5.72. The first-order valence-corrected chi connectivity index (χ1v) is 4.88. The van der Waals surface area contributed by atoms with Crippen LogP contribution in [0.4, 0.5) is 5.82 Å². The number of rotatable bonds is 0. The zero-order chi connectivity index (χ0) is 10.3. The highest BCUT2D eigenvalue weighted by Gasteiger charge is 2.11. The van der Waals surface area contributed by atoms with E-state index in [2.05, 4.69) is 23.2 Å². The minimum Gasteiger partial charge on any atom is -0.384 e. The van der Waals surface area contributed by atoms with Crippen molar-refractivity contribution in [1.82, 2.24) is 4.98 Å². The van der Waals surface area contributed by atoms with Crippen LogP contribution in [-0.4, -0.2) is 4.98 Å². The third-order valence-corrected chi connectivity index (χ3v) is 2.60. The van der Waals surface area contributed by atoms with Crippen molar-refractivity contribution in [1.29, 1.82) is 0 Å². The maximum Gasteiger partial charge on any atom is 0.124 e. The molecule has 2 aliphatic carbocycles. The maximum absolute atomic E-state index is 5.72. The topological polar surface area (TPSA) is 38.9 Å². The van der Waals surface area contributed by atoms with Gasteiger partial charge in [0.05, 0.1) is 5.69 Å². The van der Waals surface area contributed by atoms with Crippen LogP contribution in [0.1, 0.15) is 0 Å². The van der Waals surface area contributed by atoms with Crippen LogP contribution in [0.15, 0.2) is 48.5 Å².